The first kappa shape index (κ1) is 30.9. The van der Waals surface area contributed by atoms with Gasteiger partial charge in [-0.05, 0) is 12.3 Å². The first-order valence-corrected chi connectivity index (χ1v) is 17.5. The van der Waals surface area contributed by atoms with Crippen LogP contribution in [0.3, 0.4) is 0 Å². The highest BCUT2D eigenvalue weighted by atomic mass is 31.2. The molecule has 6 heterocycles. The van der Waals surface area contributed by atoms with Crippen LogP contribution in [0.15, 0.2) is 23.8 Å². The third-order valence-corrected chi connectivity index (χ3v) is 11.5. The maximum atomic E-state index is 13.6. The molecule has 4 aromatic heterocycles. The molecule has 0 aromatic carbocycles. The number of rotatable bonds is 3. The van der Waals surface area contributed by atoms with Crippen molar-refractivity contribution in [1.82, 2.24) is 39.0 Å². The van der Waals surface area contributed by atoms with E-state index in [0.29, 0.717) is 17.6 Å². The Morgan fingerprint density at radius 1 is 1.04 bits per heavy atom. The van der Waals surface area contributed by atoms with Crippen LogP contribution in [0.4, 0.5) is 11.8 Å². The Kier molecular flexibility index (Phi) is 6.96. The van der Waals surface area contributed by atoms with Gasteiger partial charge in [0.2, 0.25) is 5.95 Å². The Labute approximate surface area is 263 Å². The Morgan fingerprint density at radius 2 is 1.79 bits per heavy atom. The summed E-state index contributed by atoms with van der Waals surface area (Å²) in [5.41, 5.74) is 10.9. The minimum atomic E-state index is -4.90. The number of nitrogens with zero attached hydrogens (tertiary/aromatic N) is 7. The van der Waals surface area contributed by atoms with E-state index < -0.39 is 69.8 Å². The van der Waals surface area contributed by atoms with Crippen molar-refractivity contribution in [2.45, 2.75) is 50.0 Å². The van der Waals surface area contributed by atoms with Gasteiger partial charge >= 0.3 is 15.6 Å². The Balaban J connectivity index is 1.15. The van der Waals surface area contributed by atoms with E-state index in [1.54, 1.807) is 10.9 Å². The van der Waals surface area contributed by atoms with Gasteiger partial charge < -0.3 is 35.3 Å². The number of nitrogens with one attached hydrogen (secondary N) is 1. The lowest BCUT2D eigenvalue weighted by Crippen LogP contribution is -2.37. The number of nitrogen functional groups attached to an aromatic ring is 2. The smallest absolute Gasteiger partial charge is 0.382 e. The number of imidazole rings is 2. The highest BCUT2D eigenvalue weighted by Gasteiger charge is 2.73. The fraction of sp³-hybridized carbons (Fsp3) is 0.583. The quantitative estimate of drug-likeness (QED) is 0.179. The number of hydrogen-bond acceptors (Lipinski definition) is 16. The highest BCUT2D eigenvalue weighted by Crippen LogP contribution is 2.73. The maximum absolute atomic E-state index is 13.6. The first-order valence-electron chi connectivity index (χ1n) is 14.5. The van der Waals surface area contributed by atoms with Crippen molar-refractivity contribution in [2.24, 2.45) is 17.3 Å². The molecule has 2 bridgehead atoms. The molecule has 4 fully saturated rings. The lowest BCUT2D eigenvalue weighted by Gasteiger charge is -2.31. The largest absolute Gasteiger partial charge is 0.472 e. The van der Waals surface area contributed by atoms with Gasteiger partial charge in [-0.3, -0.25) is 32.4 Å². The average Bonchev–Trinajstić information content (AvgIpc) is 3.30. The molecule has 2 saturated heterocycles. The van der Waals surface area contributed by atoms with E-state index >= 15 is 0 Å². The van der Waals surface area contributed by atoms with Crippen molar-refractivity contribution in [2.75, 3.05) is 31.8 Å². The number of nitrogens with two attached hydrogens (primary N) is 2. The van der Waals surface area contributed by atoms with Crippen LogP contribution in [0.25, 0.3) is 22.3 Å². The molecule has 4 aliphatic rings. The number of ether oxygens (including phenoxy) is 2. The second-order valence-corrected chi connectivity index (χ2v) is 14.9. The van der Waals surface area contributed by atoms with E-state index in [1.807, 2.05) is 6.92 Å². The summed E-state index contributed by atoms with van der Waals surface area (Å²) in [6, 6.07) is -0.367. The third-order valence-electron chi connectivity index (χ3n) is 9.56. The molecule has 4 aromatic rings. The van der Waals surface area contributed by atoms with Gasteiger partial charge in [-0.15, -0.1) is 0 Å². The van der Waals surface area contributed by atoms with Gasteiger partial charge in [0.25, 0.3) is 5.56 Å². The molecule has 21 nitrogen and oxygen atoms in total. The zero-order valence-corrected chi connectivity index (χ0v) is 26.5. The first-order chi connectivity index (χ1) is 22.3. The summed E-state index contributed by atoms with van der Waals surface area (Å²) in [6.07, 6.45) is -1.42. The molecule has 0 radical (unpaired) electrons. The summed E-state index contributed by atoms with van der Waals surface area (Å²) >= 11 is 0. The van der Waals surface area contributed by atoms with Crippen LogP contribution < -0.4 is 17.0 Å². The average molecular weight is 697 g/mol. The second kappa shape index (κ2) is 10.6. The number of anilines is 2. The predicted molar refractivity (Wildman–Crippen MR) is 157 cm³/mol. The molecule has 11 atom stereocenters. The molecule has 252 valence electrons. The SMILES string of the molecule is CO[C@H]1[C@H]2OP(=O)(O)OC[C@]34C[C@@H]3[C@@H](n3cnc5c(N)ncnc53)[C@H](C)[C@@H]4OP(=O)(O)OC[C@H]1O[C@H]2n1cnc2c(=O)[nH]c(N)nc21. The summed E-state index contributed by atoms with van der Waals surface area (Å²) in [7, 11) is -8.40. The lowest BCUT2D eigenvalue weighted by molar-refractivity contribution is -0.0610. The minimum absolute atomic E-state index is 0.0140. The Hall–Kier alpha value is -3.36. The van der Waals surface area contributed by atoms with Crippen LogP contribution in [0.5, 0.6) is 0 Å². The second-order valence-electron chi connectivity index (χ2n) is 12.1. The predicted octanol–water partition coefficient (Wildman–Crippen LogP) is 0.251. The third kappa shape index (κ3) is 4.84. The fourth-order valence-corrected chi connectivity index (χ4v) is 9.59. The number of H-pyrrole nitrogens is 1. The molecule has 2 aliphatic heterocycles. The van der Waals surface area contributed by atoms with Crippen molar-refractivity contribution in [1.29, 1.82) is 0 Å². The maximum Gasteiger partial charge on any atom is 0.472 e. The number of fused-ring (bicyclic) bond motifs is 4. The van der Waals surface area contributed by atoms with Crippen LogP contribution in [-0.2, 0) is 36.7 Å². The van der Waals surface area contributed by atoms with Crippen molar-refractivity contribution in [3.63, 3.8) is 0 Å². The van der Waals surface area contributed by atoms with E-state index in [2.05, 4.69) is 29.9 Å². The van der Waals surface area contributed by atoms with Crippen molar-refractivity contribution >= 4 is 49.7 Å². The highest BCUT2D eigenvalue weighted by molar-refractivity contribution is 7.47. The molecule has 2 saturated carbocycles. The number of phosphoric ester groups is 2. The molecule has 7 N–H and O–H groups in total. The van der Waals surface area contributed by atoms with Crippen LogP contribution in [0.1, 0.15) is 25.6 Å². The normalized spacial score (nSPS) is 40.4. The summed E-state index contributed by atoms with van der Waals surface area (Å²) in [4.78, 5) is 57.7. The van der Waals surface area contributed by atoms with Crippen LogP contribution in [0, 0.1) is 17.3 Å². The molecule has 47 heavy (non-hydrogen) atoms. The number of methoxy groups -OCH3 is 1. The summed E-state index contributed by atoms with van der Waals surface area (Å²) in [5, 5.41) is 0. The van der Waals surface area contributed by atoms with Crippen molar-refractivity contribution < 1.29 is 46.5 Å². The summed E-state index contributed by atoms with van der Waals surface area (Å²) in [5.74, 6) is -0.707. The van der Waals surface area contributed by atoms with E-state index in [4.69, 9.17) is 39.0 Å². The minimum Gasteiger partial charge on any atom is -0.382 e. The topological polar surface area (TPSA) is 289 Å². The molecule has 23 heteroatoms. The van der Waals surface area contributed by atoms with E-state index in [9.17, 15) is 23.7 Å². The van der Waals surface area contributed by atoms with Crippen LogP contribution in [-0.4, -0.2) is 93.6 Å². The zero-order chi connectivity index (χ0) is 33.0. The Bertz CT molecular complexity index is 2060. The van der Waals surface area contributed by atoms with Gasteiger partial charge in [0.05, 0.1) is 32.0 Å². The molecule has 0 amide bonds. The Morgan fingerprint density at radius 3 is 2.57 bits per heavy atom. The monoisotopic (exact) mass is 696 g/mol. The number of aromatic amines is 1. The van der Waals surface area contributed by atoms with Crippen molar-refractivity contribution in [3.05, 3.63) is 29.3 Å². The number of phosphoric acid groups is 2. The lowest BCUT2D eigenvalue weighted by atomic mass is 9.94. The molecule has 8 rings (SSSR count). The molecule has 1 spiro atoms. The number of aromatic nitrogens is 8. The fourth-order valence-electron chi connectivity index (χ4n) is 7.51. The molecular weight excluding hydrogens is 666 g/mol. The van der Waals surface area contributed by atoms with Gasteiger partial charge in [0.15, 0.2) is 28.9 Å². The van der Waals surface area contributed by atoms with Gasteiger partial charge in [-0.25, -0.2) is 29.1 Å². The summed E-state index contributed by atoms with van der Waals surface area (Å²) < 4.78 is 64.6. The van der Waals surface area contributed by atoms with Gasteiger partial charge in [-0.2, -0.15) is 4.98 Å². The van der Waals surface area contributed by atoms with Crippen LogP contribution in [0.2, 0.25) is 0 Å². The standard InChI is InChI=1S/C24H30N10O11P2/c1-9-14(33-7-29-12-18(25)27-6-28-19(12)33)10-3-24(10)5-42-47(38,39)44-16-15(40-2)11(4-41-46(36,37)45-17(9)24)43-22(16)34-8-30-13-20(34)31-23(26)32-21(13)35/h6-11,14-17,22H,3-5H2,1-2H3,(H,36,37)(H,38,39)(H2,25,27,28)(H3,26,31,32,35)/t9-,10+,11+,14-,15+,16+,17-,22+,24+/m0/s1. The van der Waals surface area contributed by atoms with E-state index in [0.717, 1.165) is 0 Å². The van der Waals surface area contributed by atoms with E-state index in [-0.39, 0.29) is 41.5 Å². The van der Waals surface area contributed by atoms with Crippen LogP contribution >= 0.6 is 15.6 Å². The number of hydrogen-bond donors (Lipinski definition) is 5. The van der Waals surface area contributed by atoms with Gasteiger partial charge in [0, 0.05) is 24.5 Å². The summed E-state index contributed by atoms with van der Waals surface area (Å²) in [6.45, 7) is 0.900. The molecule has 2 unspecified atom stereocenters. The van der Waals surface area contributed by atoms with Gasteiger partial charge in [0.1, 0.15) is 30.2 Å². The van der Waals surface area contributed by atoms with E-state index in [1.165, 1.54) is 24.3 Å². The zero-order valence-electron chi connectivity index (χ0n) is 24.7. The molecule has 2 aliphatic carbocycles. The molecular formula is C24H30N10O11P2. The van der Waals surface area contributed by atoms with Gasteiger partial charge in [-0.1, -0.05) is 6.92 Å². The van der Waals surface area contributed by atoms with Crippen molar-refractivity contribution in [3.8, 4) is 0 Å².